The third kappa shape index (κ3) is 5.70. The molecule has 0 unspecified atom stereocenters. The fourth-order valence-electron chi connectivity index (χ4n) is 0.316. The summed E-state index contributed by atoms with van der Waals surface area (Å²) in [4.78, 5) is 0. The third-order valence-electron chi connectivity index (χ3n) is 0.582. The van der Waals surface area contributed by atoms with Gasteiger partial charge in [-0.15, -0.1) is 6.58 Å². The zero-order valence-corrected chi connectivity index (χ0v) is 5.55. The molecule has 47 valence electrons. The average molecular weight is 113 g/mol. The molecular formula is C7H13O. The van der Waals surface area contributed by atoms with E-state index in [1.165, 1.54) is 0 Å². The first kappa shape index (κ1) is 7.70. The largest absolute Gasteiger partial charge is 0.371 e. The van der Waals surface area contributed by atoms with E-state index in [1.54, 1.807) is 6.08 Å². The Hall–Kier alpha value is -0.300. The Morgan fingerprint density at radius 1 is 1.62 bits per heavy atom. The lowest BCUT2D eigenvalue weighted by Gasteiger charge is -2.00. The summed E-state index contributed by atoms with van der Waals surface area (Å²) in [6.07, 6.45) is 1.74. The minimum absolute atomic E-state index is 0.509. The van der Waals surface area contributed by atoms with Gasteiger partial charge in [-0.05, 0) is 5.92 Å². The van der Waals surface area contributed by atoms with Gasteiger partial charge in [0.25, 0.3) is 0 Å². The van der Waals surface area contributed by atoms with Crippen LogP contribution in [0.1, 0.15) is 13.8 Å². The molecule has 0 saturated carbocycles. The van der Waals surface area contributed by atoms with E-state index in [4.69, 9.17) is 4.74 Å². The van der Waals surface area contributed by atoms with Gasteiger partial charge in [0, 0.05) is 0 Å². The molecule has 1 nitrogen and oxygen atoms in total. The Balaban J connectivity index is 2.81. The van der Waals surface area contributed by atoms with E-state index in [0.717, 1.165) is 0 Å². The van der Waals surface area contributed by atoms with Crippen LogP contribution >= 0.6 is 0 Å². The van der Waals surface area contributed by atoms with E-state index in [2.05, 4.69) is 20.4 Å². The van der Waals surface area contributed by atoms with Crippen LogP contribution in [0.25, 0.3) is 0 Å². The van der Waals surface area contributed by atoms with Crippen molar-refractivity contribution in [2.75, 3.05) is 6.61 Å². The lowest BCUT2D eigenvalue weighted by atomic mass is 10.2. The molecule has 0 aromatic carbocycles. The van der Waals surface area contributed by atoms with Crippen molar-refractivity contribution in [1.82, 2.24) is 0 Å². The molecule has 0 heterocycles. The molecule has 0 N–H and O–H groups in total. The highest BCUT2D eigenvalue weighted by Crippen LogP contribution is 1.97. The lowest BCUT2D eigenvalue weighted by Crippen LogP contribution is -1.93. The molecule has 0 aliphatic carbocycles. The van der Waals surface area contributed by atoms with Crippen LogP contribution in [0.3, 0.4) is 0 Å². The lowest BCUT2D eigenvalue weighted by molar-refractivity contribution is 0.204. The Kier molecular flexibility index (Phi) is 4.67. The highest BCUT2D eigenvalue weighted by Gasteiger charge is 1.90. The summed E-state index contributed by atoms with van der Waals surface area (Å²) in [7, 11) is 0. The molecule has 0 aromatic rings. The zero-order valence-electron chi connectivity index (χ0n) is 5.55. The molecular weight excluding hydrogens is 100 g/mol. The SMILES string of the molecule is C=CCO[CH]C(C)C. The Labute approximate surface area is 51.4 Å². The van der Waals surface area contributed by atoms with Gasteiger partial charge in [0.05, 0.1) is 13.2 Å². The van der Waals surface area contributed by atoms with Gasteiger partial charge < -0.3 is 4.74 Å². The molecule has 0 aromatic heterocycles. The van der Waals surface area contributed by atoms with Gasteiger partial charge >= 0.3 is 0 Å². The Bertz CT molecular complexity index is 57.4. The maximum Gasteiger partial charge on any atom is 0.0866 e. The zero-order chi connectivity index (χ0) is 6.41. The van der Waals surface area contributed by atoms with Crippen LogP contribution in [-0.2, 0) is 4.74 Å². The molecule has 0 bridgehead atoms. The second-order valence-electron chi connectivity index (χ2n) is 2.00. The first-order chi connectivity index (χ1) is 3.77. The second kappa shape index (κ2) is 4.85. The van der Waals surface area contributed by atoms with Crippen molar-refractivity contribution in [1.29, 1.82) is 0 Å². The summed E-state index contributed by atoms with van der Waals surface area (Å²) in [5.74, 6) is 0.509. The number of hydrogen-bond donors (Lipinski definition) is 0. The maximum atomic E-state index is 5.00. The van der Waals surface area contributed by atoms with Gasteiger partial charge in [-0.25, -0.2) is 0 Å². The van der Waals surface area contributed by atoms with Crippen molar-refractivity contribution in [3.8, 4) is 0 Å². The quantitative estimate of drug-likeness (QED) is 0.400. The number of ether oxygens (including phenoxy) is 1. The van der Waals surface area contributed by atoms with Crippen molar-refractivity contribution in [3.05, 3.63) is 19.3 Å². The van der Waals surface area contributed by atoms with Gasteiger partial charge in [-0.3, -0.25) is 0 Å². The summed E-state index contributed by atoms with van der Waals surface area (Å²) in [6, 6.07) is 0. The molecule has 0 atom stereocenters. The summed E-state index contributed by atoms with van der Waals surface area (Å²) >= 11 is 0. The smallest absolute Gasteiger partial charge is 0.0866 e. The van der Waals surface area contributed by atoms with Crippen molar-refractivity contribution < 1.29 is 4.74 Å². The first-order valence-corrected chi connectivity index (χ1v) is 2.83. The molecule has 0 aliphatic heterocycles. The molecule has 0 aliphatic rings. The van der Waals surface area contributed by atoms with Gasteiger partial charge in [0.15, 0.2) is 0 Å². The van der Waals surface area contributed by atoms with Gasteiger partial charge in [0.1, 0.15) is 0 Å². The highest BCUT2D eigenvalue weighted by atomic mass is 16.5. The van der Waals surface area contributed by atoms with Crippen LogP contribution in [0.2, 0.25) is 0 Å². The normalized spacial score (nSPS) is 9.88. The number of rotatable bonds is 4. The topological polar surface area (TPSA) is 9.23 Å². The molecule has 0 spiro atoms. The molecule has 0 saturated heterocycles. The van der Waals surface area contributed by atoms with E-state index in [0.29, 0.717) is 12.5 Å². The van der Waals surface area contributed by atoms with Crippen LogP contribution in [0.5, 0.6) is 0 Å². The fourth-order valence-corrected chi connectivity index (χ4v) is 0.316. The predicted molar refractivity (Wildman–Crippen MR) is 35.3 cm³/mol. The van der Waals surface area contributed by atoms with E-state index in [-0.39, 0.29) is 0 Å². The van der Waals surface area contributed by atoms with E-state index in [9.17, 15) is 0 Å². The van der Waals surface area contributed by atoms with Crippen LogP contribution in [0.15, 0.2) is 12.7 Å². The summed E-state index contributed by atoms with van der Waals surface area (Å²) < 4.78 is 5.00. The average Bonchev–Trinajstić information content (AvgIpc) is 1.66. The molecule has 0 rings (SSSR count). The van der Waals surface area contributed by atoms with Gasteiger partial charge in [-0.2, -0.15) is 0 Å². The summed E-state index contributed by atoms with van der Waals surface area (Å²) in [5, 5.41) is 0. The van der Waals surface area contributed by atoms with Crippen molar-refractivity contribution in [2.24, 2.45) is 5.92 Å². The van der Waals surface area contributed by atoms with Crippen LogP contribution in [0.4, 0.5) is 0 Å². The second-order valence-corrected chi connectivity index (χ2v) is 2.00. The summed E-state index contributed by atoms with van der Waals surface area (Å²) in [5.41, 5.74) is 0. The summed E-state index contributed by atoms with van der Waals surface area (Å²) in [6.45, 7) is 10.1. The monoisotopic (exact) mass is 113 g/mol. The van der Waals surface area contributed by atoms with E-state index < -0.39 is 0 Å². The number of hydrogen-bond acceptors (Lipinski definition) is 1. The van der Waals surface area contributed by atoms with E-state index >= 15 is 0 Å². The predicted octanol–water partition coefficient (Wildman–Crippen LogP) is 2.01. The van der Waals surface area contributed by atoms with Crippen molar-refractivity contribution in [3.63, 3.8) is 0 Å². The molecule has 8 heavy (non-hydrogen) atoms. The highest BCUT2D eigenvalue weighted by molar-refractivity contribution is 4.66. The van der Waals surface area contributed by atoms with Crippen molar-refractivity contribution >= 4 is 0 Å². The standard InChI is InChI=1S/C7H13O/c1-4-5-8-6-7(2)3/h4,6-7H,1,5H2,2-3H3. The van der Waals surface area contributed by atoms with Crippen LogP contribution in [0, 0.1) is 12.5 Å². The minimum Gasteiger partial charge on any atom is -0.371 e. The Morgan fingerprint density at radius 3 is 2.62 bits per heavy atom. The van der Waals surface area contributed by atoms with E-state index in [1.807, 2.05) is 6.61 Å². The van der Waals surface area contributed by atoms with Gasteiger partial charge in [0.2, 0.25) is 0 Å². The molecule has 1 heteroatoms. The fraction of sp³-hybridized carbons (Fsp3) is 0.571. The van der Waals surface area contributed by atoms with Gasteiger partial charge in [-0.1, -0.05) is 19.9 Å². The maximum absolute atomic E-state index is 5.00. The van der Waals surface area contributed by atoms with Crippen molar-refractivity contribution in [2.45, 2.75) is 13.8 Å². The van der Waals surface area contributed by atoms with Crippen LogP contribution in [-0.4, -0.2) is 6.61 Å². The molecule has 1 radical (unpaired) electrons. The van der Waals surface area contributed by atoms with Crippen LogP contribution < -0.4 is 0 Å². The third-order valence-corrected chi connectivity index (χ3v) is 0.582. The minimum atomic E-state index is 0.509. The first-order valence-electron chi connectivity index (χ1n) is 2.83. The Morgan fingerprint density at radius 2 is 2.25 bits per heavy atom. The molecule has 0 amide bonds. The molecule has 0 fully saturated rings.